The smallest absolute Gasteiger partial charge is 0.305 e. The van der Waals surface area contributed by atoms with Crippen molar-refractivity contribution in [1.82, 2.24) is 4.90 Å². The molecule has 151 valence electrons. The minimum atomic E-state index is 0.00591. The van der Waals surface area contributed by atoms with Gasteiger partial charge in [-0.15, -0.1) is 0 Å². The predicted molar refractivity (Wildman–Crippen MR) is 113 cm³/mol. The van der Waals surface area contributed by atoms with E-state index >= 15 is 0 Å². The first-order valence-corrected chi connectivity index (χ1v) is 11.4. The highest BCUT2D eigenvalue weighted by atomic mass is 16.5. The molecule has 1 fully saturated rings. The summed E-state index contributed by atoms with van der Waals surface area (Å²) in [6, 6.07) is 0. The summed E-state index contributed by atoms with van der Waals surface area (Å²) < 4.78 is 5.36. The minimum absolute atomic E-state index is 0.00591. The van der Waals surface area contributed by atoms with Crippen molar-refractivity contribution in [2.24, 2.45) is 0 Å². The van der Waals surface area contributed by atoms with Crippen LogP contribution in [0.2, 0.25) is 12.6 Å². The number of rotatable bonds is 17. The maximum Gasteiger partial charge on any atom is 0.305 e. The second-order valence-corrected chi connectivity index (χ2v) is 8.04. The molecule has 0 spiro atoms. The second kappa shape index (κ2) is 16.7. The van der Waals surface area contributed by atoms with Gasteiger partial charge >= 0.3 is 5.97 Å². The third-order valence-corrected chi connectivity index (χ3v) is 5.65. The van der Waals surface area contributed by atoms with Crippen LogP contribution in [0.3, 0.4) is 0 Å². The lowest BCUT2D eigenvalue weighted by Crippen LogP contribution is -2.21. The maximum atomic E-state index is 11.7. The Bertz CT molecular complexity index is 338. The highest BCUT2D eigenvalue weighted by Crippen LogP contribution is 2.20. The van der Waals surface area contributed by atoms with Gasteiger partial charge in [-0.1, -0.05) is 77.4 Å². The van der Waals surface area contributed by atoms with E-state index in [-0.39, 0.29) is 5.97 Å². The molecule has 1 unspecified atom stereocenters. The quantitative estimate of drug-likeness (QED) is 0.184. The van der Waals surface area contributed by atoms with Gasteiger partial charge in [0.15, 0.2) is 0 Å². The summed E-state index contributed by atoms with van der Waals surface area (Å²) in [4.78, 5) is 14.3. The van der Waals surface area contributed by atoms with Gasteiger partial charge in [-0.25, -0.2) is 0 Å². The first-order chi connectivity index (χ1) is 12.8. The topological polar surface area (TPSA) is 29.5 Å². The molecule has 1 aliphatic heterocycles. The number of hydrogen-bond donors (Lipinski definition) is 0. The average molecular weight is 364 g/mol. The monoisotopic (exact) mass is 364 g/mol. The summed E-state index contributed by atoms with van der Waals surface area (Å²) in [5.74, 6) is 0.803. The van der Waals surface area contributed by atoms with Crippen molar-refractivity contribution in [2.45, 2.75) is 109 Å². The molecule has 1 saturated heterocycles. The Labute approximate surface area is 163 Å². The minimum Gasteiger partial charge on any atom is -0.466 e. The molecule has 1 heterocycles. The van der Waals surface area contributed by atoms with Crippen LogP contribution in [-0.4, -0.2) is 44.4 Å². The molecular weight excluding hydrogens is 321 g/mol. The summed E-state index contributed by atoms with van der Waals surface area (Å²) in [6.07, 6.45) is 17.0. The van der Waals surface area contributed by atoms with Gasteiger partial charge in [0.2, 0.25) is 0 Å². The van der Waals surface area contributed by atoms with Crippen molar-refractivity contribution in [1.29, 1.82) is 0 Å². The zero-order valence-corrected chi connectivity index (χ0v) is 17.6. The molecule has 0 amide bonds. The number of carbonyl (C=O) groups excluding carboxylic acids is 1. The van der Waals surface area contributed by atoms with Crippen LogP contribution < -0.4 is 0 Å². The van der Waals surface area contributed by atoms with E-state index in [4.69, 9.17) is 4.74 Å². The molecule has 0 saturated carbocycles. The Morgan fingerprint density at radius 1 is 0.962 bits per heavy atom. The lowest BCUT2D eigenvalue weighted by molar-refractivity contribution is -0.143. The van der Waals surface area contributed by atoms with Crippen LogP contribution in [0.5, 0.6) is 0 Å². The first-order valence-electron chi connectivity index (χ1n) is 11.4. The van der Waals surface area contributed by atoms with Crippen LogP contribution in [-0.2, 0) is 9.53 Å². The molecule has 1 rings (SSSR count). The van der Waals surface area contributed by atoms with Crippen LogP contribution in [0, 0.1) is 0 Å². The number of nitrogens with zero attached hydrogens (tertiary/aromatic N) is 1. The molecule has 0 bridgehead atoms. The molecule has 1 atom stereocenters. The Kier molecular flexibility index (Phi) is 15.1. The molecule has 1 radical (unpaired) electrons. The maximum absolute atomic E-state index is 11.7. The number of esters is 1. The van der Waals surface area contributed by atoms with Crippen LogP contribution in [0.25, 0.3) is 0 Å². The van der Waals surface area contributed by atoms with Crippen LogP contribution in [0.1, 0.15) is 96.8 Å². The SMILES string of the molecule is C[B]C1CCN(CCCCCC(=O)OCCCCCCCCCCC)C1. The lowest BCUT2D eigenvalue weighted by atomic mass is 9.66. The van der Waals surface area contributed by atoms with Gasteiger partial charge in [-0.3, -0.25) is 4.79 Å². The van der Waals surface area contributed by atoms with E-state index in [1.807, 2.05) is 0 Å². The van der Waals surface area contributed by atoms with E-state index in [9.17, 15) is 4.79 Å². The van der Waals surface area contributed by atoms with Crippen LogP contribution >= 0.6 is 0 Å². The van der Waals surface area contributed by atoms with Crippen LogP contribution in [0.4, 0.5) is 0 Å². The summed E-state index contributed by atoms with van der Waals surface area (Å²) in [5, 5.41) is 0. The summed E-state index contributed by atoms with van der Waals surface area (Å²) in [6.45, 7) is 8.73. The summed E-state index contributed by atoms with van der Waals surface area (Å²) >= 11 is 0. The number of carbonyl (C=O) groups is 1. The van der Waals surface area contributed by atoms with E-state index in [1.165, 1.54) is 83.8 Å². The summed E-state index contributed by atoms with van der Waals surface area (Å²) in [5.41, 5.74) is 0. The van der Waals surface area contributed by atoms with E-state index < -0.39 is 0 Å². The van der Waals surface area contributed by atoms with Crippen molar-refractivity contribution < 1.29 is 9.53 Å². The molecular formula is C22H43BNO2. The largest absolute Gasteiger partial charge is 0.466 e. The van der Waals surface area contributed by atoms with Gasteiger partial charge in [-0.2, -0.15) is 0 Å². The van der Waals surface area contributed by atoms with Crippen molar-refractivity contribution in [3.8, 4) is 0 Å². The van der Waals surface area contributed by atoms with Gasteiger partial charge in [0.1, 0.15) is 7.28 Å². The first kappa shape index (κ1) is 23.5. The van der Waals surface area contributed by atoms with Gasteiger partial charge in [0, 0.05) is 6.42 Å². The molecule has 0 aromatic carbocycles. The fourth-order valence-corrected chi connectivity index (χ4v) is 3.79. The van der Waals surface area contributed by atoms with E-state index in [0.717, 1.165) is 25.1 Å². The predicted octanol–water partition coefficient (Wildman–Crippen LogP) is 5.87. The van der Waals surface area contributed by atoms with Gasteiger partial charge in [0.25, 0.3) is 0 Å². The van der Waals surface area contributed by atoms with Crippen molar-refractivity contribution >= 4 is 13.2 Å². The van der Waals surface area contributed by atoms with Gasteiger partial charge in [0.05, 0.1) is 6.61 Å². The molecule has 0 N–H and O–H groups in total. The average Bonchev–Trinajstić information content (AvgIpc) is 3.11. The van der Waals surface area contributed by atoms with E-state index in [0.29, 0.717) is 13.0 Å². The van der Waals surface area contributed by atoms with Crippen molar-refractivity contribution in [3.05, 3.63) is 0 Å². The number of ether oxygens (including phenoxy) is 1. The Morgan fingerprint density at radius 3 is 2.27 bits per heavy atom. The third-order valence-electron chi connectivity index (χ3n) is 5.65. The second-order valence-electron chi connectivity index (χ2n) is 8.04. The lowest BCUT2D eigenvalue weighted by Gasteiger charge is -2.15. The van der Waals surface area contributed by atoms with E-state index in [2.05, 4.69) is 25.9 Å². The highest BCUT2D eigenvalue weighted by Gasteiger charge is 2.20. The van der Waals surface area contributed by atoms with Crippen molar-refractivity contribution in [2.75, 3.05) is 26.2 Å². The van der Waals surface area contributed by atoms with Crippen molar-refractivity contribution in [3.63, 3.8) is 0 Å². The normalized spacial score (nSPS) is 17.5. The summed E-state index contributed by atoms with van der Waals surface area (Å²) in [7, 11) is 2.34. The van der Waals surface area contributed by atoms with Crippen LogP contribution in [0.15, 0.2) is 0 Å². The molecule has 3 nitrogen and oxygen atoms in total. The number of unbranched alkanes of at least 4 members (excludes halogenated alkanes) is 10. The Hall–Kier alpha value is -0.505. The molecule has 0 aliphatic carbocycles. The van der Waals surface area contributed by atoms with Gasteiger partial charge in [-0.05, 0) is 45.3 Å². The molecule has 0 aromatic heterocycles. The number of hydrogen-bond acceptors (Lipinski definition) is 3. The molecule has 4 heteroatoms. The third kappa shape index (κ3) is 12.8. The fraction of sp³-hybridized carbons (Fsp3) is 0.955. The standard InChI is InChI=1S/C22H43BNO2/c1-3-4-5-6-7-8-9-10-14-19-26-22(25)15-12-11-13-17-24-18-16-21(20-24)23-2/h21H,3-20H2,1-2H3. The number of likely N-dealkylation sites (tertiary alicyclic amines) is 1. The zero-order chi connectivity index (χ0) is 18.9. The molecule has 0 aromatic rings. The Morgan fingerprint density at radius 2 is 1.62 bits per heavy atom. The fourth-order valence-electron chi connectivity index (χ4n) is 3.79. The van der Waals surface area contributed by atoms with Gasteiger partial charge < -0.3 is 9.64 Å². The Balaban J connectivity index is 1.79. The highest BCUT2D eigenvalue weighted by molar-refractivity contribution is 6.35. The molecule has 1 aliphatic rings. The van der Waals surface area contributed by atoms with E-state index in [1.54, 1.807) is 0 Å². The molecule has 26 heavy (non-hydrogen) atoms. The zero-order valence-electron chi connectivity index (χ0n) is 17.6.